The van der Waals surface area contributed by atoms with Crippen LogP contribution in [0.3, 0.4) is 0 Å². The molecule has 1 aromatic rings. The fourth-order valence-electron chi connectivity index (χ4n) is 6.26. The largest absolute Gasteiger partial charge is 0.390 e. The van der Waals surface area contributed by atoms with Gasteiger partial charge < -0.3 is 10.4 Å². The Morgan fingerprint density at radius 2 is 2.00 bits per heavy atom. The van der Waals surface area contributed by atoms with E-state index in [1.165, 1.54) is 6.42 Å². The third-order valence-electron chi connectivity index (χ3n) is 6.40. The fraction of sp³-hybridized carbons (Fsp3) is 0.789. The van der Waals surface area contributed by atoms with Crippen LogP contribution < -0.4 is 5.32 Å². The van der Waals surface area contributed by atoms with Crippen LogP contribution in [0.1, 0.15) is 73.5 Å². The normalized spacial score (nSPS) is 38.3. The molecule has 1 heterocycles. The van der Waals surface area contributed by atoms with Crippen molar-refractivity contribution in [3.8, 4) is 0 Å². The minimum atomic E-state index is -0.485. The number of hydrogen-bond donors (Lipinski definition) is 2. The Morgan fingerprint density at radius 3 is 2.54 bits per heavy atom. The number of nitrogens with zero attached hydrogens (tertiary/aromatic N) is 1. The van der Waals surface area contributed by atoms with Gasteiger partial charge in [0.25, 0.3) is 0 Å². The number of rotatable bonds is 4. The lowest BCUT2D eigenvalue weighted by Gasteiger charge is -2.60. The molecule has 132 valence electrons. The summed E-state index contributed by atoms with van der Waals surface area (Å²) in [5.74, 6) is 1.40. The molecule has 0 aliphatic heterocycles. The first kappa shape index (κ1) is 16.5. The SMILES string of the molecule is Cc1nc(C)c([C@@H](C)NC(=O)CC23C[C@H]4C[C@@H](CC(O)(C4)C2)C3)s1. The highest BCUT2D eigenvalue weighted by atomic mass is 32.1. The second-order valence-corrected chi connectivity index (χ2v) is 10.1. The molecule has 0 unspecified atom stereocenters. The van der Waals surface area contributed by atoms with E-state index < -0.39 is 5.60 Å². The van der Waals surface area contributed by atoms with Crippen LogP contribution in [0.25, 0.3) is 0 Å². The Hall–Kier alpha value is -0.940. The van der Waals surface area contributed by atoms with Gasteiger partial charge in [-0.15, -0.1) is 11.3 Å². The van der Waals surface area contributed by atoms with Crippen molar-refractivity contribution in [2.45, 2.75) is 77.4 Å². The Labute approximate surface area is 148 Å². The number of aliphatic hydroxyl groups is 1. The monoisotopic (exact) mass is 348 g/mol. The van der Waals surface area contributed by atoms with Gasteiger partial charge in [0.15, 0.2) is 0 Å². The maximum absolute atomic E-state index is 12.7. The second-order valence-electron chi connectivity index (χ2n) is 8.83. The fourth-order valence-corrected chi connectivity index (χ4v) is 7.19. The van der Waals surface area contributed by atoms with Gasteiger partial charge in [-0.3, -0.25) is 4.79 Å². The average Bonchev–Trinajstić information content (AvgIpc) is 2.73. The molecule has 4 nitrogen and oxygen atoms in total. The lowest BCUT2D eigenvalue weighted by Crippen LogP contribution is -2.56. The molecule has 5 heteroatoms. The van der Waals surface area contributed by atoms with Gasteiger partial charge in [-0.2, -0.15) is 0 Å². The van der Waals surface area contributed by atoms with E-state index in [2.05, 4.69) is 10.3 Å². The second kappa shape index (κ2) is 5.53. The molecule has 0 spiro atoms. The number of carbonyl (C=O) groups is 1. The standard InChI is InChI=1S/C19H28N2O2S/c1-11-17(24-13(3)20-11)12(2)21-16(22)9-18-5-14-4-15(6-18)8-19(23,7-14)10-18/h12,14-15,23H,4-10H2,1-3H3,(H,21,22)/t12-,14-,15-,18?,19?/m1/s1. The quantitative estimate of drug-likeness (QED) is 0.873. The summed E-state index contributed by atoms with van der Waals surface area (Å²) in [5.41, 5.74) is 0.581. The van der Waals surface area contributed by atoms with Crippen LogP contribution in [-0.2, 0) is 4.79 Å². The minimum Gasteiger partial charge on any atom is -0.390 e. The number of thiazole rings is 1. The Bertz CT molecular complexity index is 654. The van der Waals surface area contributed by atoms with Crippen LogP contribution in [-0.4, -0.2) is 21.6 Å². The van der Waals surface area contributed by atoms with Gasteiger partial charge in [0.1, 0.15) is 0 Å². The first-order valence-corrected chi connectivity index (χ1v) is 10.0. The van der Waals surface area contributed by atoms with Crippen molar-refractivity contribution in [1.29, 1.82) is 0 Å². The summed E-state index contributed by atoms with van der Waals surface area (Å²) in [5, 5.41) is 15.1. The molecule has 0 radical (unpaired) electrons. The van der Waals surface area contributed by atoms with Crippen LogP contribution in [0, 0.1) is 31.1 Å². The van der Waals surface area contributed by atoms with E-state index in [9.17, 15) is 9.90 Å². The van der Waals surface area contributed by atoms with Gasteiger partial charge in [-0.05, 0) is 76.5 Å². The summed E-state index contributed by atoms with van der Waals surface area (Å²) >= 11 is 1.67. The molecule has 4 aliphatic carbocycles. The molecule has 0 aromatic carbocycles. The molecule has 4 bridgehead atoms. The molecule has 2 N–H and O–H groups in total. The van der Waals surface area contributed by atoms with Crippen LogP contribution in [0.2, 0.25) is 0 Å². The lowest BCUT2D eigenvalue weighted by atomic mass is 9.47. The molecular weight excluding hydrogens is 320 g/mol. The molecule has 4 fully saturated rings. The maximum atomic E-state index is 12.7. The number of aryl methyl sites for hydroxylation is 2. The summed E-state index contributed by atoms with van der Waals surface area (Å²) in [6, 6.07) is 0.0145. The van der Waals surface area contributed by atoms with E-state index in [1.54, 1.807) is 11.3 Å². The van der Waals surface area contributed by atoms with E-state index in [0.29, 0.717) is 18.3 Å². The summed E-state index contributed by atoms with van der Waals surface area (Å²) in [6.07, 6.45) is 6.85. The number of carbonyl (C=O) groups excluding carboxylic acids is 1. The van der Waals surface area contributed by atoms with Crippen molar-refractivity contribution in [3.63, 3.8) is 0 Å². The zero-order chi connectivity index (χ0) is 17.1. The smallest absolute Gasteiger partial charge is 0.221 e. The zero-order valence-corrected chi connectivity index (χ0v) is 15.7. The molecule has 1 aromatic heterocycles. The van der Waals surface area contributed by atoms with Gasteiger partial charge in [0.2, 0.25) is 5.91 Å². The van der Waals surface area contributed by atoms with Crippen LogP contribution >= 0.6 is 11.3 Å². The van der Waals surface area contributed by atoms with E-state index in [0.717, 1.165) is 47.7 Å². The highest BCUT2D eigenvalue weighted by Gasteiger charge is 2.57. The van der Waals surface area contributed by atoms with Gasteiger partial charge in [0, 0.05) is 11.3 Å². The molecular formula is C19H28N2O2S. The van der Waals surface area contributed by atoms with Gasteiger partial charge in [0.05, 0.1) is 22.3 Å². The summed E-state index contributed by atoms with van der Waals surface area (Å²) < 4.78 is 0. The molecule has 0 saturated heterocycles. The number of amides is 1. The van der Waals surface area contributed by atoms with Crippen molar-refractivity contribution < 1.29 is 9.90 Å². The summed E-state index contributed by atoms with van der Waals surface area (Å²) in [6.45, 7) is 6.06. The third-order valence-corrected chi connectivity index (χ3v) is 7.65. The molecule has 24 heavy (non-hydrogen) atoms. The maximum Gasteiger partial charge on any atom is 0.221 e. The number of nitrogens with one attached hydrogen (secondary N) is 1. The predicted octanol–water partition coefficient (Wildman–Crippen LogP) is 3.66. The highest BCUT2D eigenvalue weighted by Crippen LogP contribution is 2.62. The van der Waals surface area contributed by atoms with E-state index in [1.807, 2.05) is 20.8 Å². The Morgan fingerprint density at radius 1 is 1.33 bits per heavy atom. The van der Waals surface area contributed by atoms with Gasteiger partial charge >= 0.3 is 0 Å². The molecule has 4 saturated carbocycles. The van der Waals surface area contributed by atoms with Crippen LogP contribution in [0.4, 0.5) is 0 Å². The van der Waals surface area contributed by atoms with Crippen molar-refractivity contribution in [2.24, 2.45) is 17.3 Å². The third kappa shape index (κ3) is 2.90. The van der Waals surface area contributed by atoms with Gasteiger partial charge in [-0.25, -0.2) is 4.98 Å². The van der Waals surface area contributed by atoms with E-state index in [-0.39, 0.29) is 17.4 Å². The van der Waals surface area contributed by atoms with Crippen molar-refractivity contribution in [2.75, 3.05) is 0 Å². The first-order chi connectivity index (χ1) is 11.3. The first-order valence-electron chi connectivity index (χ1n) is 9.22. The molecule has 5 rings (SSSR count). The average molecular weight is 349 g/mol. The van der Waals surface area contributed by atoms with Crippen molar-refractivity contribution >= 4 is 17.2 Å². The Balaban J connectivity index is 1.44. The van der Waals surface area contributed by atoms with E-state index >= 15 is 0 Å². The van der Waals surface area contributed by atoms with Crippen molar-refractivity contribution in [1.82, 2.24) is 10.3 Å². The summed E-state index contributed by atoms with van der Waals surface area (Å²) in [4.78, 5) is 18.3. The molecule has 4 aliphatic rings. The highest BCUT2D eigenvalue weighted by molar-refractivity contribution is 7.11. The van der Waals surface area contributed by atoms with Crippen LogP contribution in [0.5, 0.6) is 0 Å². The van der Waals surface area contributed by atoms with Crippen molar-refractivity contribution in [3.05, 3.63) is 15.6 Å². The minimum absolute atomic E-state index is 0.0145. The predicted molar refractivity (Wildman–Crippen MR) is 94.8 cm³/mol. The topological polar surface area (TPSA) is 62.2 Å². The van der Waals surface area contributed by atoms with E-state index in [4.69, 9.17) is 0 Å². The van der Waals surface area contributed by atoms with Gasteiger partial charge in [-0.1, -0.05) is 0 Å². The molecule has 1 amide bonds. The molecule has 3 atom stereocenters. The Kier molecular flexibility index (Phi) is 3.81. The zero-order valence-electron chi connectivity index (χ0n) is 14.9. The van der Waals surface area contributed by atoms with Crippen LogP contribution in [0.15, 0.2) is 0 Å². The number of aromatic nitrogens is 1. The number of hydrogen-bond acceptors (Lipinski definition) is 4. The summed E-state index contributed by atoms with van der Waals surface area (Å²) in [7, 11) is 0. The lowest BCUT2D eigenvalue weighted by molar-refractivity contribution is -0.169.